The average molecular weight is 807 g/mol. The van der Waals surface area contributed by atoms with Gasteiger partial charge in [-0.3, -0.25) is 28.3 Å². The molecule has 6 rings (SSSR count). The normalized spacial score (nSPS) is 11.3. The second kappa shape index (κ2) is 17.6. The number of nitrogens with one attached hydrogen (secondary N) is 2. The van der Waals surface area contributed by atoms with E-state index in [9.17, 15) is 45.5 Å². The number of amides is 2. The van der Waals surface area contributed by atoms with Crippen molar-refractivity contribution in [2.45, 2.75) is 39.3 Å². The number of carbonyl (C=O) groups excluding carboxylic acids is 2. The van der Waals surface area contributed by atoms with Crippen molar-refractivity contribution in [2.24, 2.45) is 0 Å². The van der Waals surface area contributed by atoms with Gasteiger partial charge < -0.3 is 10.6 Å². The zero-order valence-corrected chi connectivity index (χ0v) is 31.0. The first-order valence-corrected chi connectivity index (χ1v) is 17.5. The Hall–Kier alpha value is -6.41. The first-order chi connectivity index (χ1) is 26.9. The van der Waals surface area contributed by atoms with Crippen LogP contribution in [0.1, 0.15) is 54.1 Å². The molecule has 8 nitrogen and oxygen atoms in total. The lowest BCUT2D eigenvalue weighted by Gasteiger charge is -2.13. The van der Waals surface area contributed by atoms with Crippen LogP contribution < -0.4 is 21.8 Å². The van der Waals surface area contributed by atoms with E-state index in [1.807, 2.05) is 30.3 Å². The molecule has 2 amide bonds. The van der Waals surface area contributed by atoms with E-state index < -0.39 is 46.4 Å². The average Bonchev–Trinajstić information content (AvgIpc) is 3.18. The molecule has 2 N–H and O–H groups in total. The Kier molecular flexibility index (Phi) is 12.9. The van der Waals surface area contributed by atoms with Crippen LogP contribution >= 0.6 is 11.6 Å². The minimum Gasteiger partial charge on any atom is -0.348 e. The summed E-state index contributed by atoms with van der Waals surface area (Å²) >= 11 is 6.06. The summed E-state index contributed by atoms with van der Waals surface area (Å²) in [5.41, 5.74) is -0.734. The number of aryl methyl sites for hydroxylation is 2. The molecule has 0 fully saturated rings. The highest BCUT2D eigenvalue weighted by Gasteiger charge is 2.31. The largest absolute Gasteiger partial charge is 0.416 e. The van der Waals surface area contributed by atoms with Gasteiger partial charge in [-0.05, 0) is 90.7 Å². The van der Waals surface area contributed by atoms with Crippen LogP contribution in [-0.4, -0.2) is 20.9 Å². The molecule has 0 aliphatic heterocycles. The van der Waals surface area contributed by atoms with Crippen LogP contribution in [-0.2, 0) is 25.4 Å². The second-order valence-corrected chi connectivity index (χ2v) is 13.2. The highest BCUT2D eigenvalue weighted by atomic mass is 35.5. The Morgan fingerprint density at radius 3 is 1.47 bits per heavy atom. The van der Waals surface area contributed by atoms with E-state index in [1.165, 1.54) is 48.8 Å². The smallest absolute Gasteiger partial charge is 0.348 e. The van der Waals surface area contributed by atoms with E-state index in [1.54, 1.807) is 38.1 Å². The maximum Gasteiger partial charge on any atom is 0.416 e. The van der Waals surface area contributed by atoms with Crippen molar-refractivity contribution in [3.8, 4) is 11.4 Å². The van der Waals surface area contributed by atoms with Crippen molar-refractivity contribution < 1.29 is 35.9 Å². The molecule has 2 heterocycles. The quantitative estimate of drug-likeness (QED) is 0.150. The van der Waals surface area contributed by atoms with E-state index >= 15 is 0 Å². The number of hydrogen-bond donors (Lipinski definition) is 2. The molecular formula is C42H33ClF6N4O4. The summed E-state index contributed by atoms with van der Waals surface area (Å²) in [5, 5.41) is 5.76. The Balaban J connectivity index is 0.000000218. The number of nitrogens with zero attached hydrogens (tertiary/aromatic N) is 2. The summed E-state index contributed by atoms with van der Waals surface area (Å²) in [6.07, 6.45) is -6.27. The summed E-state index contributed by atoms with van der Waals surface area (Å²) in [7, 11) is 0. The molecule has 57 heavy (non-hydrogen) atoms. The minimum absolute atomic E-state index is 0.0219. The van der Waals surface area contributed by atoms with Gasteiger partial charge >= 0.3 is 12.4 Å². The van der Waals surface area contributed by atoms with E-state index in [4.69, 9.17) is 11.6 Å². The molecule has 2 aromatic heterocycles. The topological polar surface area (TPSA) is 102 Å². The summed E-state index contributed by atoms with van der Waals surface area (Å²) in [6.45, 7) is 3.65. The maximum absolute atomic E-state index is 13.0. The number of alkyl halides is 6. The molecule has 0 saturated heterocycles. The molecule has 0 spiro atoms. The van der Waals surface area contributed by atoms with Gasteiger partial charge in [0, 0.05) is 41.9 Å². The molecule has 0 unspecified atom stereocenters. The molecule has 0 aliphatic rings. The van der Waals surface area contributed by atoms with Gasteiger partial charge in [-0.2, -0.15) is 26.3 Å². The fourth-order valence-corrected chi connectivity index (χ4v) is 5.80. The zero-order chi connectivity index (χ0) is 41.5. The van der Waals surface area contributed by atoms with Crippen LogP contribution in [0.15, 0.2) is 137 Å². The molecule has 0 saturated carbocycles. The molecule has 6 aromatic rings. The lowest BCUT2D eigenvalue weighted by atomic mass is 10.1. The van der Waals surface area contributed by atoms with Gasteiger partial charge in [-0.25, -0.2) is 0 Å². The van der Waals surface area contributed by atoms with Crippen LogP contribution in [0, 0.1) is 13.8 Å². The molecule has 294 valence electrons. The Labute approximate surface area is 327 Å². The lowest BCUT2D eigenvalue weighted by molar-refractivity contribution is -0.138. The number of pyridine rings is 2. The molecule has 15 heteroatoms. The highest BCUT2D eigenvalue weighted by molar-refractivity contribution is 6.31. The van der Waals surface area contributed by atoms with Crippen molar-refractivity contribution in [1.29, 1.82) is 0 Å². The minimum atomic E-state index is -4.54. The highest BCUT2D eigenvalue weighted by Crippen LogP contribution is 2.31. The monoisotopic (exact) mass is 806 g/mol. The summed E-state index contributed by atoms with van der Waals surface area (Å²) in [6, 6.07) is 27.7. The number of hydrogen-bond acceptors (Lipinski definition) is 4. The van der Waals surface area contributed by atoms with Crippen LogP contribution in [0.3, 0.4) is 0 Å². The third-order valence-corrected chi connectivity index (χ3v) is 8.76. The molecule has 0 radical (unpaired) electrons. The number of carbonyl (C=O) groups is 2. The van der Waals surface area contributed by atoms with E-state index in [0.717, 1.165) is 39.0 Å². The third kappa shape index (κ3) is 10.7. The standard InChI is InChI=1S/C21H16ClF3N2O2.C21H17F3N2O2/c1-13-9-17(19(28)26-11-14-5-2-3-8-18(14)22)20(29)27(12-13)16-7-4-6-15(10-16)21(23,24)25;1-14-10-18(19(27)25-12-15-6-3-2-4-7-15)20(28)26(13-14)17-9-5-8-16(11-17)21(22,23)24/h2-10,12H,11H2,1H3,(H,26,28);2-11,13H,12H2,1H3,(H,25,27). The van der Waals surface area contributed by atoms with Crippen LogP contribution in [0.2, 0.25) is 5.02 Å². The van der Waals surface area contributed by atoms with Crippen LogP contribution in [0.4, 0.5) is 26.3 Å². The van der Waals surface area contributed by atoms with Crippen LogP contribution in [0.25, 0.3) is 11.4 Å². The Morgan fingerprint density at radius 1 is 0.579 bits per heavy atom. The summed E-state index contributed by atoms with van der Waals surface area (Å²) < 4.78 is 80.0. The number of halogens is 7. The summed E-state index contributed by atoms with van der Waals surface area (Å²) in [5.74, 6) is -1.22. The van der Waals surface area contributed by atoms with Gasteiger partial charge in [-0.15, -0.1) is 0 Å². The van der Waals surface area contributed by atoms with Crippen molar-refractivity contribution in [1.82, 2.24) is 19.8 Å². The Bertz CT molecular complexity index is 2530. The first kappa shape index (κ1) is 41.7. The van der Waals surface area contributed by atoms with Gasteiger partial charge in [0.15, 0.2) is 0 Å². The van der Waals surface area contributed by atoms with E-state index in [2.05, 4.69) is 10.6 Å². The van der Waals surface area contributed by atoms with Gasteiger partial charge in [0.05, 0.1) is 11.1 Å². The third-order valence-electron chi connectivity index (χ3n) is 8.39. The predicted octanol–water partition coefficient (Wildman–Crippen LogP) is 8.84. The molecular weight excluding hydrogens is 774 g/mol. The van der Waals surface area contributed by atoms with Gasteiger partial charge in [0.1, 0.15) is 11.1 Å². The van der Waals surface area contributed by atoms with Crippen LogP contribution in [0.5, 0.6) is 0 Å². The molecule has 0 atom stereocenters. The van der Waals surface area contributed by atoms with Gasteiger partial charge in [0.25, 0.3) is 22.9 Å². The Morgan fingerprint density at radius 2 is 1.02 bits per heavy atom. The molecule has 4 aromatic carbocycles. The fraction of sp³-hybridized carbons (Fsp3) is 0.143. The summed E-state index contributed by atoms with van der Waals surface area (Å²) in [4.78, 5) is 50.6. The first-order valence-electron chi connectivity index (χ1n) is 17.1. The SMILES string of the molecule is Cc1cc(C(=O)NCc2ccccc2)c(=O)n(-c2cccc(C(F)(F)F)c2)c1.Cc1cc(C(=O)NCc2ccccc2Cl)c(=O)n(-c2cccc(C(F)(F)F)c2)c1. The zero-order valence-electron chi connectivity index (χ0n) is 30.2. The second-order valence-electron chi connectivity index (χ2n) is 12.8. The van der Waals surface area contributed by atoms with Crippen molar-refractivity contribution in [3.63, 3.8) is 0 Å². The van der Waals surface area contributed by atoms with Gasteiger partial charge in [-0.1, -0.05) is 72.3 Å². The van der Waals surface area contributed by atoms with E-state index in [-0.39, 0.29) is 35.6 Å². The fourth-order valence-electron chi connectivity index (χ4n) is 5.60. The van der Waals surface area contributed by atoms with Gasteiger partial charge in [0.2, 0.25) is 0 Å². The number of benzene rings is 4. The van der Waals surface area contributed by atoms with Crippen molar-refractivity contribution >= 4 is 23.4 Å². The van der Waals surface area contributed by atoms with E-state index in [0.29, 0.717) is 21.7 Å². The van der Waals surface area contributed by atoms with Crippen molar-refractivity contribution in [3.05, 3.63) is 198 Å². The number of aromatic nitrogens is 2. The lowest BCUT2D eigenvalue weighted by Crippen LogP contribution is -2.32. The maximum atomic E-state index is 13.0. The molecule has 0 bridgehead atoms. The molecule has 0 aliphatic carbocycles. The predicted molar refractivity (Wildman–Crippen MR) is 204 cm³/mol. The van der Waals surface area contributed by atoms with Crippen molar-refractivity contribution in [2.75, 3.05) is 0 Å². The number of rotatable bonds is 8.